The minimum absolute atomic E-state index is 0.0370. The molecular weight excluding hydrogens is 412 g/mol. The quantitative estimate of drug-likeness (QED) is 0.473. The number of fused-ring (bicyclic) bond motifs is 1. The number of benzene rings is 2. The second-order valence-electron chi connectivity index (χ2n) is 7.00. The van der Waals surface area contributed by atoms with Gasteiger partial charge in [-0.3, -0.25) is 10.1 Å². The van der Waals surface area contributed by atoms with Gasteiger partial charge in [-0.2, -0.15) is 0 Å². The molecule has 1 saturated heterocycles. The molecule has 10 heteroatoms. The Morgan fingerprint density at radius 2 is 1.83 bits per heavy atom. The fraction of sp³-hybridized carbons (Fsp3) is 0.316. The summed E-state index contributed by atoms with van der Waals surface area (Å²) in [7, 11) is -3.68. The highest BCUT2D eigenvalue weighted by Crippen LogP contribution is 2.31. The van der Waals surface area contributed by atoms with E-state index in [1.54, 1.807) is 11.3 Å². The lowest BCUT2D eigenvalue weighted by atomic mass is 9.97. The standard InChI is InChI=1S/C19H20N4O4S2/c24-23(25)15-5-7-16(8-6-15)29(26,27)20-13-14-9-11-22(12-10-14)19-21-17-3-1-2-4-18(17)28-19/h1-8,14,20H,9-13H2. The normalized spacial score (nSPS) is 15.7. The van der Waals surface area contributed by atoms with Crippen LogP contribution in [0.4, 0.5) is 10.8 Å². The molecule has 0 atom stereocenters. The van der Waals surface area contributed by atoms with Crippen molar-refractivity contribution in [2.45, 2.75) is 17.7 Å². The lowest BCUT2D eigenvalue weighted by Crippen LogP contribution is -2.38. The van der Waals surface area contributed by atoms with Crippen LogP contribution in [0.1, 0.15) is 12.8 Å². The topological polar surface area (TPSA) is 105 Å². The smallest absolute Gasteiger partial charge is 0.269 e. The third-order valence-corrected chi connectivity index (χ3v) is 7.62. The lowest BCUT2D eigenvalue weighted by molar-refractivity contribution is -0.384. The number of nitro groups is 1. The van der Waals surface area contributed by atoms with Crippen molar-refractivity contribution < 1.29 is 13.3 Å². The number of aromatic nitrogens is 1. The zero-order chi connectivity index (χ0) is 20.4. The third kappa shape index (κ3) is 4.39. The molecule has 1 aliphatic heterocycles. The van der Waals surface area contributed by atoms with Gasteiger partial charge in [0.05, 0.1) is 20.0 Å². The summed E-state index contributed by atoms with van der Waals surface area (Å²) in [4.78, 5) is 17.1. The third-order valence-electron chi connectivity index (χ3n) is 5.09. The second-order valence-corrected chi connectivity index (χ2v) is 9.77. The number of nitrogens with one attached hydrogen (secondary N) is 1. The van der Waals surface area contributed by atoms with Gasteiger partial charge in [0.15, 0.2) is 5.13 Å². The van der Waals surface area contributed by atoms with Gasteiger partial charge in [-0.25, -0.2) is 18.1 Å². The molecule has 152 valence electrons. The number of para-hydroxylation sites is 1. The monoisotopic (exact) mass is 432 g/mol. The van der Waals surface area contributed by atoms with E-state index in [-0.39, 0.29) is 16.5 Å². The van der Waals surface area contributed by atoms with Crippen LogP contribution in [0.2, 0.25) is 0 Å². The molecule has 2 heterocycles. The molecule has 3 aromatic rings. The van der Waals surface area contributed by atoms with Crippen LogP contribution in [-0.4, -0.2) is 38.0 Å². The number of rotatable bonds is 6. The van der Waals surface area contributed by atoms with Gasteiger partial charge in [-0.1, -0.05) is 23.5 Å². The molecular formula is C19H20N4O4S2. The summed E-state index contributed by atoms with van der Waals surface area (Å²) in [5.41, 5.74) is 0.872. The maximum atomic E-state index is 12.4. The molecule has 0 spiro atoms. The Hall–Kier alpha value is -2.56. The van der Waals surface area contributed by atoms with Crippen molar-refractivity contribution in [1.29, 1.82) is 0 Å². The molecule has 29 heavy (non-hydrogen) atoms. The number of anilines is 1. The second kappa shape index (κ2) is 8.05. The average Bonchev–Trinajstić information content (AvgIpc) is 3.17. The van der Waals surface area contributed by atoms with E-state index in [1.807, 2.05) is 18.2 Å². The van der Waals surface area contributed by atoms with Crippen LogP contribution in [0.15, 0.2) is 53.4 Å². The summed E-state index contributed by atoms with van der Waals surface area (Å²) in [5.74, 6) is 0.244. The number of non-ortho nitro benzene ring substituents is 1. The first-order chi connectivity index (χ1) is 13.9. The van der Waals surface area contributed by atoms with Crippen LogP contribution < -0.4 is 9.62 Å². The Morgan fingerprint density at radius 1 is 1.14 bits per heavy atom. The summed E-state index contributed by atoms with van der Waals surface area (Å²) in [6.45, 7) is 2.03. The number of hydrogen-bond donors (Lipinski definition) is 1. The molecule has 0 unspecified atom stereocenters. The molecule has 8 nitrogen and oxygen atoms in total. The van der Waals surface area contributed by atoms with Gasteiger partial charge < -0.3 is 4.90 Å². The van der Waals surface area contributed by atoms with Gasteiger partial charge in [0, 0.05) is 31.8 Å². The van der Waals surface area contributed by atoms with Crippen LogP contribution in [-0.2, 0) is 10.0 Å². The SMILES string of the molecule is O=[N+]([O-])c1ccc(S(=O)(=O)NCC2CCN(c3nc4ccccc4s3)CC2)cc1. The Morgan fingerprint density at radius 3 is 2.48 bits per heavy atom. The molecule has 0 aliphatic carbocycles. The Kier molecular flexibility index (Phi) is 5.48. The summed E-state index contributed by atoms with van der Waals surface area (Å²) >= 11 is 1.68. The highest BCUT2D eigenvalue weighted by molar-refractivity contribution is 7.89. The highest BCUT2D eigenvalue weighted by atomic mass is 32.2. The van der Waals surface area contributed by atoms with Crippen LogP contribution in [0, 0.1) is 16.0 Å². The average molecular weight is 433 g/mol. The number of piperidine rings is 1. The van der Waals surface area contributed by atoms with Gasteiger partial charge in [0.1, 0.15) is 0 Å². The lowest BCUT2D eigenvalue weighted by Gasteiger charge is -2.31. The Labute approximate surface area is 172 Å². The van der Waals surface area contributed by atoms with Gasteiger partial charge in [-0.15, -0.1) is 0 Å². The van der Waals surface area contributed by atoms with E-state index in [2.05, 4.69) is 15.7 Å². The van der Waals surface area contributed by atoms with E-state index in [9.17, 15) is 18.5 Å². The van der Waals surface area contributed by atoms with Crippen molar-refractivity contribution in [2.24, 2.45) is 5.92 Å². The van der Waals surface area contributed by atoms with Crippen molar-refractivity contribution in [3.63, 3.8) is 0 Å². The van der Waals surface area contributed by atoms with Crippen LogP contribution in [0.5, 0.6) is 0 Å². The molecule has 4 rings (SSSR count). The summed E-state index contributed by atoms with van der Waals surface area (Å²) in [6.07, 6.45) is 1.75. The van der Waals surface area contributed by atoms with E-state index >= 15 is 0 Å². The zero-order valence-corrected chi connectivity index (χ0v) is 17.2. The predicted octanol–water partition coefficient (Wildman–Crippen LogP) is 3.40. The van der Waals surface area contributed by atoms with E-state index in [4.69, 9.17) is 4.98 Å². The van der Waals surface area contributed by atoms with Crippen molar-refractivity contribution in [3.05, 3.63) is 58.6 Å². The van der Waals surface area contributed by atoms with Gasteiger partial charge in [-0.05, 0) is 43.0 Å². The van der Waals surface area contributed by atoms with E-state index in [1.165, 1.54) is 29.0 Å². The van der Waals surface area contributed by atoms with Crippen molar-refractivity contribution in [3.8, 4) is 0 Å². The molecule has 0 bridgehead atoms. The summed E-state index contributed by atoms with van der Waals surface area (Å²) in [6, 6.07) is 13.0. The van der Waals surface area contributed by atoms with E-state index < -0.39 is 14.9 Å². The van der Waals surface area contributed by atoms with Gasteiger partial charge in [0.25, 0.3) is 5.69 Å². The number of nitro benzene ring substituents is 1. The molecule has 1 aliphatic rings. The fourth-order valence-electron chi connectivity index (χ4n) is 3.38. The number of thiazole rings is 1. The molecule has 1 fully saturated rings. The minimum atomic E-state index is -3.68. The first-order valence-corrected chi connectivity index (χ1v) is 11.6. The Balaban J connectivity index is 1.32. The molecule has 0 saturated carbocycles. The molecule has 2 aromatic carbocycles. The highest BCUT2D eigenvalue weighted by Gasteiger charge is 2.24. The summed E-state index contributed by atoms with van der Waals surface area (Å²) in [5, 5.41) is 11.7. The van der Waals surface area contributed by atoms with Gasteiger partial charge >= 0.3 is 0 Å². The summed E-state index contributed by atoms with van der Waals surface area (Å²) < 4.78 is 28.7. The first kappa shape index (κ1) is 19.7. The van der Waals surface area contributed by atoms with E-state index in [0.29, 0.717) is 6.54 Å². The Bertz CT molecular complexity index is 1090. The molecule has 1 aromatic heterocycles. The minimum Gasteiger partial charge on any atom is -0.348 e. The van der Waals surface area contributed by atoms with Crippen LogP contribution in [0.25, 0.3) is 10.2 Å². The number of sulfonamides is 1. The number of hydrogen-bond acceptors (Lipinski definition) is 7. The first-order valence-electron chi connectivity index (χ1n) is 9.27. The van der Waals surface area contributed by atoms with Crippen molar-refractivity contribution in [1.82, 2.24) is 9.71 Å². The molecule has 0 radical (unpaired) electrons. The van der Waals surface area contributed by atoms with Crippen molar-refractivity contribution >= 4 is 42.4 Å². The van der Waals surface area contributed by atoms with Gasteiger partial charge in [0.2, 0.25) is 10.0 Å². The van der Waals surface area contributed by atoms with Crippen LogP contribution in [0.3, 0.4) is 0 Å². The largest absolute Gasteiger partial charge is 0.348 e. The van der Waals surface area contributed by atoms with Crippen LogP contribution >= 0.6 is 11.3 Å². The number of nitrogens with zero attached hydrogens (tertiary/aromatic N) is 3. The zero-order valence-electron chi connectivity index (χ0n) is 15.5. The molecule has 1 N–H and O–H groups in total. The fourth-order valence-corrected chi connectivity index (χ4v) is 5.51. The van der Waals surface area contributed by atoms with Crippen molar-refractivity contribution in [2.75, 3.05) is 24.5 Å². The molecule has 0 amide bonds. The maximum absolute atomic E-state index is 12.4. The predicted molar refractivity (Wildman–Crippen MR) is 113 cm³/mol. The maximum Gasteiger partial charge on any atom is 0.269 e. The van der Waals surface area contributed by atoms with E-state index in [0.717, 1.165) is 36.6 Å².